The van der Waals surface area contributed by atoms with Gasteiger partial charge in [-0.1, -0.05) is 48.9 Å². The monoisotopic (exact) mass is 365 g/mol. The number of carboxylic acids is 1. The van der Waals surface area contributed by atoms with Crippen LogP contribution >= 0.6 is 22.9 Å². The Bertz CT molecular complexity index is 716. The number of hydrogen-bond acceptors (Lipinski definition) is 3. The highest BCUT2D eigenvalue weighted by molar-refractivity contribution is 7.16. The fourth-order valence-corrected chi connectivity index (χ4v) is 3.73. The van der Waals surface area contributed by atoms with Crippen LogP contribution in [0.25, 0.3) is 0 Å². The summed E-state index contributed by atoms with van der Waals surface area (Å²) < 4.78 is 0.627. The van der Waals surface area contributed by atoms with Gasteiger partial charge in [0, 0.05) is 11.4 Å². The van der Waals surface area contributed by atoms with Crippen molar-refractivity contribution in [2.24, 2.45) is 0 Å². The molecule has 2 aromatic rings. The van der Waals surface area contributed by atoms with Gasteiger partial charge in [0.05, 0.1) is 10.3 Å². The summed E-state index contributed by atoms with van der Waals surface area (Å²) in [5.74, 6) is -1.52. The quantitative estimate of drug-likeness (QED) is 0.777. The highest BCUT2D eigenvalue weighted by atomic mass is 35.5. The van der Waals surface area contributed by atoms with Gasteiger partial charge in [0.15, 0.2) is 0 Å². The predicted molar refractivity (Wildman–Crippen MR) is 96.8 cm³/mol. The Hall–Kier alpha value is -1.85. The van der Waals surface area contributed by atoms with Crippen LogP contribution in [0.15, 0.2) is 42.5 Å². The number of thiophene rings is 1. The maximum absolute atomic E-state index is 12.4. The topological polar surface area (TPSA) is 66.4 Å². The minimum atomic E-state index is -1.14. The molecular weight excluding hydrogens is 346 g/mol. The average molecular weight is 366 g/mol. The zero-order valence-electron chi connectivity index (χ0n) is 13.6. The molecule has 0 saturated carbocycles. The number of carbonyl (C=O) groups excluding carboxylic acids is 1. The van der Waals surface area contributed by atoms with Gasteiger partial charge in [0.25, 0.3) is 0 Å². The van der Waals surface area contributed by atoms with Gasteiger partial charge in [0.2, 0.25) is 5.91 Å². The maximum atomic E-state index is 12.4. The zero-order valence-corrected chi connectivity index (χ0v) is 15.2. The lowest BCUT2D eigenvalue weighted by atomic mass is 9.78. The van der Waals surface area contributed by atoms with Crippen LogP contribution in [0.4, 0.5) is 0 Å². The molecule has 0 aliphatic heterocycles. The molecule has 4 nitrogen and oxygen atoms in total. The van der Waals surface area contributed by atoms with Gasteiger partial charge in [-0.3, -0.25) is 9.59 Å². The second-order valence-corrected chi connectivity index (χ2v) is 7.43. The van der Waals surface area contributed by atoms with Crippen molar-refractivity contribution in [1.29, 1.82) is 0 Å². The van der Waals surface area contributed by atoms with Crippen LogP contribution < -0.4 is 5.32 Å². The van der Waals surface area contributed by atoms with Gasteiger partial charge in [-0.2, -0.15) is 0 Å². The number of benzene rings is 1. The van der Waals surface area contributed by atoms with Crippen molar-refractivity contribution >= 4 is 34.8 Å². The molecule has 24 heavy (non-hydrogen) atoms. The molecule has 0 fully saturated rings. The lowest BCUT2D eigenvalue weighted by molar-refractivity contribution is -0.144. The average Bonchev–Trinajstić information content (AvgIpc) is 3.02. The molecule has 1 amide bonds. The van der Waals surface area contributed by atoms with E-state index in [1.807, 2.05) is 19.1 Å². The molecule has 1 aromatic heterocycles. The van der Waals surface area contributed by atoms with E-state index in [1.54, 1.807) is 37.3 Å². The fourth-order valence-electron chi connectivity index (χ4n) is 2.62. The summed E-state index contributed by atoms with van der Waals surface area (Å²) in [5, 5.41) is 12.6. The van der Waals surface area contributed by atoms with E-state index in [1.165, 1.54) is 11.3 Å². The third kappa shape index (κ3) is 3.79. The first kappa shape index (κ1) is 18.5. The highest BCUT2D eigenvalue weighted by Gasteiger charge is 2.39. The molecule has 0 spiro atoms. The van der Waals surface area contributed by atoms with Gasteiger partial charge in [-0.05, 0) is 31.0 Å². The summed E-state index contributed by atoms with van der Waals surface area (Å²) in [6, 6.07) is 12.6. The van der Waals surface area contributed by atoms with Gasteiger partial charge < -0.3 is 10.4 Å². The molecule has 6 heteroatoms. The summed E-state index contributed by atoms with van der Waals surface area (Å²) in [6.07, 6.45) is 0.381. The molecule has 128 valence electrons. The van der Waals surface area contributed by atoms with Crippen LogP contribution in [0.3, 0.4) is 0 Å². The fraction of sp³-hybridized carbons (Fsp3) is 0.333. The smallest absolute Gasteiger partial charge is 0.315 e. The Morgan fingerprint density at radius 3 is 2.42 bits per heavy atom. The van der Waals surface area contributed by atoms with E-state index in [2.05, 4.69) is 5.32 Å². The van der Waals surface area contributed by atoms with Crippen LogP contribution in [-0.2, 0) is 15.0 Å². The van der Waals surface area contributed by atoms with Crippen LogP contribution in [-0.4, -0.2) is 23.5 Å². The number of rotatable bonds is 7. The number of hydrogen-bond donors (Lipinski definition) is 2. The first-order valence-electron chi connectivity index (χ1n) is 7.72. The van der Waals surface area contributed by atoms with Crippen LogP contribution in [0.1, 0.15) is 36.6 Å². The summed E-state index contributed by atoms with van der Waals surface area (Å²) >= 11 is 7.27. The number of amides is 1. The normalized spacial score (nSPS) is 14.6. The van der Waals surface area contributed by atoms with Crippen molar-refractivity contribution in [2.75, 3.05) is 6.54 Å². The predicted octanol–water partition coefficient (Wildman–Crippen LogP) is 4.05. The molecular formula is C18H20ClNO3S. The SMILES string of the molecule is CCC(CNC(=O)C(C)c1ccc(Cl)s1)(C(=O)O)c1ccccc1. The Morgan fingerprint density at radius 2 is 1.92 bits per heavy atom. The van der Waals surface area contributed by atoms with Crippen LogP contribution in [0, 0.1) is 0 Å². The first-order valence-corrected chi connectivity index (χ1v) is 8.92. The van der Waals surface area contributed by atoms with Crippen LogP contribution in [0.2, 0.25) is 4.34 Å². The molecule has 0 aliphatic rings. The zero-order chi connectivity index (χ0) is 17.7. The summed E-state index contributed by atoms with van der Waals surface area (Å²) in [5.41, 5.74) is -0.448. The number of halogens is 1. The molecule has 2 N–H and O–H groups in total. The van der Waals surface area contributed by atoms with Crippen LogP contribution in [0.5, 0.6) is 0 Å². The summed E-state index contributed by atoms with van der Waals surface area (Å²) in [6.45, 7) is 3.65. The Balaban J connectivity index is 2.16. The largest absolute Gasteiger partial charge is 0.481 e. The first-order chi connectivity index (χ1) is 11.4. The molecule has 2 rings (SSSR count). The van der Waals surface area contributed by atoms with E-state index in [9.17, 15) is 14.7 Å². The Morgan fingerprint density at radius 1 is 1.25 bits per heavy atom. The molecule has 0 bridgehead atoms. The van der Waals surface area contributed by atoms with E-state index in [0.29, 0.717) is 16.3 Å². The minimum absolute atomic E-state index is 0.0468. The number of carbonyl (C=O) groups is 2. The molecule has 0 radical (unpaired) electrons. The van der Waals surface area contributed by atoms with Crippen molar-refractivity contribution in [2.45, 2.75) is 31.6 Å². The van der Waals surface area contributed by atoms with E-state index in [0.717, 1.165) is 4.88 Å². The molecule has 0 aliphatic carbocycles. The standard InChI is InChI=1S/C18H20ClNO3S/c1-3-18(17(22)23,13-7-5-4-6-8-13)11-20-16(21)12(2)14-9-10-15(19)24-14/h4-10,12H,3,11H2,1-2H3,(H,20,21)(H,22,23). The molecule has 1 heterocycles. The minimum Gasteiger partial charge on any atom is -0.481 e. The van der Waals surface area contributed by atoms with Gasteiger partial charge >= 0.3 is 5.97 Å². The third-order valence-corrected chi connectivity index (χ3v) is 5.73. The Labute approximate surface area is 150 Å². The molecule has 0 saturated heterocycles. The molecule has 2 unspecified atom stereocenters. The van der Waals surface area contributed by atoms with E-state index < -0.39 is 11.4 Å². The van der Waals surface area contributed by atoms with Crippen molar-refractivity contribution < 1.29 is 14.7 Å². The van der Waals surface area contributed by atoms with Gasteiger partial charge in [-0.25, -0.2) is 0 Å². The van der Waals surface area contributed by atoms with Gasteiger partial charge in [0.1, 0.15) is 5.41 Å². The summed E-state index contributed by atoms with van der Waals surface area (Å²) in [7, 11) is 0. The van der Waals surface area contributed by atoms with Crippen molar-refractivity contribution in [3.8, 4) is 0 Å². The van der Waals surface area contributed by atoms with Gasteiger partial charge in [-0.15, -0.1) is 11.3 Å². The lowest BCUT2D eigenvalue weighted by Crippen LogP contribution is -2.47. The third-order valence-electron chi connectivity index (χ3n) is 4.32. The second kappa shape index (κ2) is 7.81. The second-order valence-electron chi connectivity index (χ2n) is 5.69. The number of carboxylic acid groups (broad SMARTS) is 1. The van der Waals surface area contributed by atoms with E-state index in [-0.39, 0.29) is 18.4 Å². The van der Waals surface area contributed by atoms with Crippen molar-refractivity contribution in [1.82, 2.24) is 5.32 Å². The van der Waals surface area contributed by atoms with Crippen molar-refractivity contribution in [3.63, 3.8) is 0 Å². The number of aliphatic carboxylic acids is 1. The lowest BCUT2D eigenvalue weighted by Gasteiger charge is -2.29. The molecule has 2 atom stereocenters. The molecule has 1 aromatic carbocycles. The summed E-state index contributed by atoms with van der Waals surface area (Å²) in [4.78, 5) is 25.2. The van der Waals surface area contributed by atoms with Crippen molar-refractivity contribution in [3.05, 3.63) is 57.2 Å². The highest BCUT2D eigenvalue weighted by Crippen LogP contribution is 2.30. The maximum Gasteiger partial charge on any atom is 0.315 e. The Kier molecular flexibility index (Phi) is 6.02. The van der Waals surface area contributed by atoms with E-state index >= 15 is 0 Å². The van der Waals surface area contributed by atoms with E-state index in [4.69, 9.17) is 11.6 Å². The number of nitrogens with one attached hydrogen (secondary N) is 1.